The molecule has 2 N–H and O–H groups in total. The largest absolute Gasteiger partial charge is 0.324 e. The van der Waals surface area contributed by atoms with E-state index in [9.17, 15) is 0 Å². The molecule has 0 aromatic carbocycles. The molecule has 0 spiro atoms. The van der Waals surface area contributed by atoms with Gasteiger partial charge in [0.1, 0.15) is 0 Å². The van der Waals surface area contributed by atoms with Crippen LogP contribution < -0.4 is 5.73 Å². The van der Waals surface area contributed by atoms with E-state index in [0.717, 1.165) is 11.3 Å². The standard InChI is InChI=1S/C12H17N5/c1-9(2)17-6-4-11(16-17)7-12(13)10-3-5-14-15-8-10/h3-6,8-9,12H,7,13H2,1-2H3. The van der Waals surface area contributed by atoms with Crippen molar-refractivity contribution < 1.29 is 0 Å². The van der Waals surface area contributed by atoms with Crippen molar-refractivity contribution >= 4 is 0 Å². The van der Waals surface area contributed by atoms with Gasteiger partial charge in [0, 0.05) is 30.9 Å². The molecular weight excluding hydrogens is 214 g/mol. The Kier molecular flexibility index (Phi) is 3.49. The second-order valence-electron chi connectivity index (χ2n) is 4.37. The molecule has 0 amide bonds. The molecule has 17 heavy (non-hydrogen) atoms. The summed E-state index contributed by atoms with van der Waals surface area (Å²) in [6, 6.07) is 4.19. The fourth-order valence-electron chi connectivity index (χ4n) is 1.64. The third-order valence-electron chi connectivity index (χ3n) is 2.66. The van der Waals surface area contributed by atoms with Gasteiger partial charge in [-0.1, -0.05) is 0 Å². The van der Waals surface area contributed by atoms with E-state index in [4.69, 9.17) is 5.73 Å². The SMILES string of the molecule is CC(C)n1ccc(CC(N)c2ccnnc2)n1. The average molecular weight is 231 g/mol. The van der Waals surface area contributed by atoms with Crippen LogP contribution in [-0.4, -0.2) is 20.0 Å². The maximum Gasteiger partial charge on any atom is 0.0643 e. The molecule has 0 bridgehead atoms. The Morgan fingerprint density at radius 3 is 2.71 bits per heavy atom. The molecule has 0 saturated carbocycles. The van der Waals surface area contributed by atoms with Crippen LogP contribution in [0.4, 0.5) is 0 Å². The Morgan fingerprint density at radius 1 is 1.29 bits per heavy atom. The van der Waals surface area contributed by atoms with Gasteiger partial charge in [-0.15, -0.1) is 0 Å². The maximum atomic E-state index is 6.10. The first kappa shape index (κ1) is 11.7. The van der Waals surface area contributed by atoms with Crippen LogP contribution in [0.15, 0.2) is 30.7 Å². The molecule has 1 unspecified atom stereocenters. The fourth-order valence-corrected chi connectivity index (χ4v) is 1.64. The Labute approximate surface area is 101 Å². The first-order chi connectivity index (χ1) is 8.16. The molecule has 90 valence electrons. The first-order valence-corrected chi connectivity index (χ1v) is 5.73. The smallest absolute Gasteiger partial charge is 0.0643 e. The topological polar surface area (TPSA) is 69.6 Å². The third-order valence-corrected chi connectivity index (χ3v) is 2.66. The predicted molar refractivity (Wildman–Crippen MR) is 65.3 cm³/mol. The molecule has 0 saturated heterocycles. The van der Waals surface area contributed by atoms with E-state index in [2.05, 4.69) is 29.1 Å². The molecule has 2 aromatic rings. The Hall–Kier alpha value is -1.75. The van der Waals surface area contributed by atoms with E-state index in [1.54, 1.807) is 12.4 Å². The second kappa shape index (κ2) is 5.05. The quantitative estimate of drug-likeness (QED) is 0.865. The lowest BCUT2D eigenvalue weighted by Gasteiger charge is -2.09. The molecule has 5 nitrogen and oxygen atoms in total. The van der Waals surface area contributed by atoms with Gasteiger partial charge in [-0.3, -0.25) is 4.68 Å². The number of nitrogens with two attached hydrogens (primary N) is 1. The van der Waals surface area contributed by atoms with Crippen LogP contribution in [0.2, 0.25) is 0 Å². The van der Waals surface area contributed by atoms with Crippen LogP contribution in [0.1, 0.15) is 37.2 Å². The average Bonchev–Trinajstić information content (AvgIpc) is 2.79. The predicted octanol–water partition coefficient (Wildman–Crippen LogP) is 1.50. The van der Waals surface area contributed by atoms with Crippen molar-refractivity contribution in [3.63, 3.8) is 0 Å². The molecule has 0 aliphatic rings. The zero-order chi connectivity index (χ0) is 12.3. The first-order valence-electron chi connectivity index (χ1n) is 5.73. The minimum Gasteiger partial charge on any atom is -0.324 e. The van der Waals surface area contributed by atoms with Gasteiger partial charge in [0.05, 0.1) is 11.9 Å². The third kappa shape index (κ3) is 2.88. The molecule has 0 aliphatic carbocycles. The number of rotatable bonds is 4. The summed E-state index contributed by atoms with van der Waals surface area (Å²) in [7, 11) is 0. The summed E-state index contributed by atoms with van der Waals surface area (Å²) in [5.74, 6) is 0. The van der Waals surface area contributed by atoms with Gasteiger partial charge in [-0.2, -0.15) is 15.3 Å². The molecule has 2 heterocycles. The van der Waals surface area contributed by atoms with E-state index < -0.39 is 0 Å². The highest BCUT2D eigenvalue weighted by atomic mass is 15.3. The van der Waals surface area contributed by atoms with Crippen LogP contribution in [0, 0.1) is 0 Å². The Balaban J connectivity index is 2.05. The second-order valence-corrected chi connectivity index (χ2v) is 4.37. The van der Waals surface area contributed by atoms with Crippen LogP contribution in [-0.2, 0) is 6.42 Å². The van der Waals surface area contributed by atoms with Crippen molar-refractivity contribution in [2.45, 2.75) is 32.4 Å². The zero-order valence-electron chi connectivity index (χ0n) is 10.1. The number of hydrogen-bond acceptors (Lipinski definition) is 4. The minimum atomic E-state index is -0.0824. The molecule has 2 aromatic heterocycles. The van der Waals surface area contributed by atoms with Crippen LogP contribution in [0.3, 0.4) is 0 Å². The van der Waals surface area contributed by atoms with E-state index in [-0.39, 0.29) is 6.04 Å². The van der Waals surface area contributed by atoms with E-state index in [1.165, 1.54) is 0 Å². The van der Waals surface area contributed by atoms with Gasteiger partial charge < -0.3 is 5.73 Å². The summed E-state index contributed by atoms with van der Waals surface area (Å²) in [6.45, 7) is 4.20. The highest BCUT2D eigenvalue weighted by Gasteiger charge is 2.10. The summed E-state index contributed by atoms with van der Waals surface area (Å²) in [6.07, 6.45) is 6.05. The highest BCUT2D eigenvalue weighted by Crippen LogP contribution is 2.14. The highest BCUT2D eigenvalue weighted by molar-refractivity contribution is 5.14. The van der Waals surface area contributed by atoms with Crippen molar-refractivity contribution in [2.24, 2.45) is 5.73 Å². The summed E-state index contributed by atoms with van der Waals surface area (Å²) in [5, 5.41) is 12.0. The molecule has 2 rings (SSSR count). The van der Waals surface area contributed by atoms with Crippen molar-refractivity contribution in [3.8, 4) is 0 Å². The summed E-state index contributed by atoms with van der Waals surface area (Å²) in [5.41, 5.74) is 8.08. The monoisotopic (exact) mass is 231 g/mol. The Morgan fingerprint density at radius 2 is 2.12 bits per heavy atom. The number of hydrogen-bond donors (Lipinski definition) is 1. The maximum absolute atomic E-state index is 6.10. The summed E-state index contributed by atoms with van der Waals surface area (Å²) < 4.78 is 1.94. The van der Waals surface area contributed by atoms with Gasteiger partial charge in [0.2, 0.25) is 0 Å². The zero-order valence-corrected chi connectivity index (χ0v) is 10.1. The number of aromatic nitrogens is 4. The van der Waals surface area contributed by atoms with Gasteiger partial charge in [0.25, 0.3) is 0 Å². The molecular formula is C12H17N5. The van der Waals surface area contributed by atoms with Crippen molar-refractivity contribution in [1.82, 2.24) is 20.0 Å². The van der Waals surface area contributed by atoms with Crippen molar-refractivity contribution in [1.29, 1.82) is 0 Å². The lowest BCUT2D eigenvalue weighted by Crippen LogP contribution is -2.14. The lowest BCUT2D eigenvalue weighted by atomic mass is 10.1. The van der Waals surface area contributed by atoms with Gasteiger partial charge >= 0.3 is 0 Å². The van der Waals surface area contributed by atoms with Crippen LogP contribution >= 0.6 is 0 Å². The molecule has 5 heteroatoms. The van der Waals surface area contributed by atoms with E-state index >= 15 is 0 Å². The fraction of sp³-hybridized carbons (Fsp3) is 0.417. The van der Waals surface area contributed by atoms with Crippen LogP contribution in [0.25, 0.3) is 0 Å². The van der Waals surface area contributed by atoms with E-state index in [1.807, 2.05) is 23.0 Å². The molecule has 0 radical (unpaired) electrons. The molecule has 0 fully saturated rings. The normalized spacial score (nSPS) is 12.9. The van der Waals surface area contributed by atoms with Gasteiger partial charge in [0.15, 0.2) is 0 Å². The van der Waals surface area contributed by atoms with Gasteiger partial charge in [-0.25, -0.2) is 0 Å². The number of nitrogens with zero attached hydrogens (tertiary/aromatic N) is 4. The van der Waals surface area contributed by atoms with Crippen molar-refractivity contribution in [3.05, 3.63) is 42.0 Å². The lowest BCUT2D eigenvalue weighted by molar-refractivity contribution is 0.522. The Bertz CT molecular complexity index is 463. The van der Waals surface area contributed by atoms with Gasteiger partial charge in [-0.05, 0) is 31.5 Å². The molecule has 0 aliphatic heterocycles. The summed E-state index contributed by atoms with van der Waals surface area (Å²) >= 11 is 0. The van der Waals surface area contributed by atoms with Crippen LogP contribution in [0.5, 0.6) is 0 Å². The minimum absolute atomic E-state index is 0.0824. The van der Waals surface area contributed by atoms with Crippen molar-refractivity contribution in [2.75, 3.05) is 0 Å². The summed E-state index contributed by atoms with van der Waals surface area (Å²) in [4.78, 5) is 0. The molecule has 1 atom stereocenters. The van der Waals surface area contributed by atoms with E-state index in [0.29, 0.717) is 12.5 Å².